The third-order valence-corrected chi connectivity index (χ3v) is 3.40. The molecule has 1 unspecified atom stereocenters. The molecule has 0 bridgehead atoms. The molecule has 0 radical (unpaired) electrons. The quantitative estimate of drug-likeness (QED) is 0.810. The van der Waals surface area contributed by atoms with E-state index in [0.29, 0.717) is 0 Å². The summed E-state index contributed by atoms with van der Waals surface area (Å²) in [4.78, 5) is 2.30. The van der Waals surface area contributed by atoms with Crippen LogP contribution in [0.2, 0.25) is 0 Å². The predicted octanol–water partition coefficient (Wildman–Crippen LogP) is 3.04. The molecule has 3 nitrogen and oxygen atoms in total. The average molecular weight is 299 g/mol. The lowest BCUT2D eigenvalue weighted by molar-refractivity contribution is -0.0749. The first-order chi connectivity index (χ1) is 7.87. The normalized spacial score (nSPS) is 23.8. The third kappa shape index (κ3) is 2.93. The Labute approximate surface area is 111 Å². The van der Waals surface area contributed by atoms with Crippen LogP contribution in [0.5, 0.6) is 0 Å². The lowest BCUT2D eigenvalue weighted by Gasteiger charge is -2.43. The number of nitrogens with two attached hydrogens (primary N) is 1. The number of hydrogen-bond acceptors (Lipinski definition) is 3. The van der Waals surface area contributed by atoms with Crippen LogP contribution in [0.1, 0.15) is 20.8 Å². The number of nitrogens with zero attached hydrogens (tertiary/aromatic N) is 1. The maximum Gasteiger partial charge on any atom is 0.0805 e. The molecule has 4 heteroatoms. The van der Waals surface area contributed by atoms with Gasteiger partial charge in [0.05, 0.1) is 23.1 Å². The zero-order valence-electron chi connectivity index (χ0n) is 10.5. The first-order valence-corrected chi connectivity index (χ1v) is 6.64. The summed E-state index contributed by atoms with van der Waals surface area (Å²) in [6.45, 7) is 8.07. The van der Waals surface area contributed by atoms with Crippen molar-refractivity contribution in [1.29, 1.82) is 0 Å². The van der Waals surface area contributed by atoms with Crippen molar-refractivity contribution in [2.24, 2.45) is 0 Å². The minimum atomic E-state index is -0.133. The van der Waals surface area contributed by atoms with Gasteiger partial charge in [-0.15, -0.1) is 0 Å². The number of anilines is 2. The second-order valence-electron chi connectivity index (χ2n) is 5.27. The Morgan fingerprint density at radius 1 is 1.47 bits per heavy atom. The van der Waals surface area contributed by atoms with Crippen LogP contribution in [0, 0.1) is 0 Å². The number of halogens is 1. The molecule has 2 N–H and O–H groups in total. The van der Waals surface area contributed by atoms with Gasteiger partial charge in [-0.2, -0.15) is 0 Å². The highest BCUT2D eigenvalue weighted by atomic mass is 79.9. The Morgan fingerprint density at radius 2 is 2.18 bits per heavy atom. The van der Waals surface area contributed by atoms with Crippen LogP contribution >= 0.6 is 15.9 Å². The van der Waals surface area contributed by atoms with Gasteiger partial charge in [0, 0.05) is 17.6 Å². The lowest BCUT2D eigenvalue weighted by atomic mass is 10.0. The van der Waals surface area contributed by atoms with E-state index in [4.69, 9.17) is 10.5 Å². The number of hydrogen-bond donors (Lipinski definition) is 1. The van der Waals surface area contributed by atoms with Crippen molar-refractivity contribution < 1.29 is 4.74 Å². The number of benzene rings is 1. The van der Waals surface area contributed by atoms with Crippen molar-refractivity contribution in [2.75, 3.05) is 23.7 Å². The van der Waals surface area contributed by atoms with E-state index in [1.807, 2.05) is 12.1 Å². The molecule has 0 spiro atoms. The van der Waals surface area contributed by atoms with Gasteiger partial charge in [0.15, 0.2) is 0 Å². The maximum absolute atomic E-state index is 6.05. The van der Waals surface area contributed by atoms with E-state index >= 15 is 0 Å². The smallest absolute Gasteiger partial charge is 0.0805 e. The van der Waals surface area contributed by atoms with E-state index in [2.05, 4.69) is 47.7 Å². The second-order valence-corrected chi connectivity index (χ2v) is 6.19. The molecule has 1 aromatic rings. The summed E-state index contributed by atoms with van der Waals surface area (Å²) >= 11 is 3.49. The summed E-state index contributed by atoms with van der Waals surface area (Å²) in [7, 11) is 0. The molecule has 1 aromatic carbocycles. The lowest BCUT2D eigenvalue weighted by Crippen LogP contribution is -2.52. The van der Waals surface area contributed by atoms with Gasteiger partial charge in [0.25, 0.3) is 0 Å². The zero-order valence-corrected chi connectivity index (χ0v) is 12.1. The molecule has 2 rings (SSSR count). The molecule has 0 amide bonds. The average Bonchev–Trinajstić information content (AvgIpc) is 2.18. The summed E-state index contributed by atoms with van der Waals surface area (Å²) in [5, 5.41) is 0. The third-order valence-electron chi connectivity index (χ3n) is 2.90. The van der Waals surface area contributed by atoms with Gasteiger partial charge < -0.3 is 15.4 Å². The van der Waals surface area contributed by atoms with Crippen LogP contribution in [0.4, 0.5) is 11.4 Å². The van der Waals surface area contributed by atoms with E-state index in [-0.39, 0.29) is 11.7 Å². The van der Waals surface area contributed by atoms with Gasteiger partial charge in [0.1, 0.15) is 0 Å². The van der Waals surface area contributed by atoms with Crippen LogP contribution in [-0.2, 0) is 4.74 Å². The van der Waals surface area contributed by atoms with Gasteiger partial charge in [0.2, 0.25) is 0 Å². The monoisotopic (exact) mass is 298 g/mol. The van der Waals surface area contributed by atoms with Crippen LogP contribution in [0.15, 0.2) is 22.7 Å². The molecule has 1 atom stereocenters. The fraction of sp³-hybridized carbons (Fsp3) is 0.538. The number of morpholine rings is 1. The molecule has 0 aliphatic carbocycles. The van der Waals surface area contributed by atoms with Crippen LogP contribution in [0.3, 0.4) is 0 Å². The van der Waals surface area contributed by atoms with Crippen molar-refractivity contribution in [2.45, 2.75) is 32.5 Å². The Bertz CT molecular complexity index is 420. The molecular formula is C13H19BrN2O. The number of rotatable bonds is 1. The van der Waals surface area contributed by atoms with Gasteiger partial charge in [-0.3, -0.25) is 0 Å². The molecule has 0 aromatic heterocycles. The van der Waals surface area contributed by atoms with Crippen LogP contribution < -0.4 is 10.6 Å². The molecule has 17 heavy (non-hydrogen) atoms. The molecule has 1 fully saturated rings. The first kappa shape index (κ1) is 12.7. The Morgan fingerprint density at radius 3 is 2.82 bits per heavy atom. The van der Waals surface area contributed by atoms with Crippen LogP contribution in [0.25, 0.3) is 0 Å². The number of ether oxygens (including phenoxy) is 1. The van der Waals surface area contributed by atoms with Gasteiger partial charge in [-0.25, -0.2) is 0 Å². The standard InChI is InChI=1S/C13H19BrN2O/c1-9-7-16(8-13(2,3)17-9)12-6-10(14)4-5-11(12)15/h4-6,9H,7-8,15H2,1-3H3. The fourth-order valence-electron chi connectivity index (χ4n) is 2.43. The summed E-state index contributed by atoms with van der Waals surface area (Å²) in [6.07, 6.45) is 0.220. The highest BCUT2D eigenvalue weighted by molar-refractivity contribution is 9.10. The van der Waals surface area contributed by atoms with Crippen molar-refractivity contribution >= 4 is 27.3 Å². The van der Waals surface area contributed by atoms with E-state index in [9.17, 15) is 0 Å². The zero-order chi connectivity index (χ0) is 12.6. The molecule has 1 aliphatic rings. The second kappa shape index (κ2) is 4.50. The first-order valence-electron chi connectivity index (χ1n) is 5.85. The highest BCUT2D eigenvalue weighted by Crippen LogP contribution is 2.31. The van der Waals surface area contributed by atoms with E-state index in [1.165, 1.54) is 0 Å². The topological polar surface area (TPSA) is 38.5 Å². The van der Waals surface area contributed by atoms with Crippen LogP contribution in [-0.4, -0.2) is 24.8 Å². The Kier molecular flexibility index (Phi) is 3.36. The van der Waals surface area contributed by atoms with Gasteiger partial charge >= 0.3 is 0 Å². The van der Waals surface area contributed by atoms with Crippen molar-refractivity contribution in [1.82, 2.24) is 0 Å². The highest BCUT2D eigenvalue weighted by Gasteiger charge is 2.32. The summed E-state index contributed by atoms with van der Waals surface area (Å²) in [5.74, 6) is 0. The minimum Gasteiger partial charge on any atom is -0.397 e. The molecule has 94 valence electrons. The summed E-state index contributed by atoms with van der Waals surface area (Å²) < 4.78 is 6.96. The van der Waals surface area contributed by atoms with E-state index < -0.39 is 0 Å². The maximum atomic E-state index is 6.05. The van der Waals surface area contributed by atoms with E-state index in [1.54, 1.807) is 0 Å². The predicted molar refractivity (Wildman–Crippen MR) is 75.4 cm³/mol. The summed E-state index contributed by atoms with van der Waals surface area (Å²) in [5.41, 5.74) is 7.82. The fourth-order valence-corrected chi connectivity index (χ4v) is 2.78. The van der Waals surface area contributed by atoms with Crippen molar-refractivity contribution in [3.8, 4) is 0 Å². The SMILES string of the molecule is CC1CN(c2cc(Br)ccc2N)CC(C)(C)O1. The Hall–Kier alpha value is -0.740. The molecular weight excluding hydrogens is 280 g/mol. The van der Waals surface area contributed by atoms with E-state index in [0.717, 1.165) is 28.9 Å². The Balaban J connectivity index is 2.30. The summed E-state index contributed by atoms with van der Waals surface area (Å²) in [6, 6.07) is 5.98. The molecule has 1 aliphatic heterocycles. The molecule has 1 heterocycles. The van der Waals surface area contributed by atoms with Gasteiger partial charge in [-0.05, 0) is 39.0 Å². The van der Waals surface area contributed by atoms with Crippen molar-refractivity contribution in [3.05, 3.63) is 22.7 Å². The van der Waals surface area contributed by atoms with Crippen molar-refractivity contribution in [3.63, 3.8) is 0 Å². The molecule has 0 saturated carbocycles. The number of nitrogen functional groups attached to an aromatic ring is 1. The van der Waals surface area contributed by atoms with Gasteiger partial charge in [-0.1, -0.05) is 15.9 Å². The molecule has 1 saturated heterocycles. The minimum absolute atomic E-state index is 0.133. The largest absolute Gasteiger partial charge is 0.397 e.